The van der Waals surface area contributed by atoms with E-state index in [2.05, 4.69) is 0 Å². The highest BCUT2D eigenvalue weighted by Crippen LogP contribution is 2.30. The highest BCUT2D eigenvalue weighted by molar-refractivity contribution is 5.85. The maximum Gasteiger partial charge on any atom is 0.121 e. The number of aryl methyl sites for hydroxylation is 1. The van der Waals surface area contributed by atoms with E-state index in [1.165, 1.54) is 0 Å². The van der Waals surface area contributed by atoms with E-state index >= 15 is 0 Å². The van der Waals surface area contributed by atoms with Crippen LogP contribution in [0.2, 0.25) is 0 Å². The van der Waals surface area contributed by atoms with Crippen LogP contribution in [0.15, 0.2) is 6.07 Å². The molecule has 12 heavy (non-hydrogen) atoms. The highest BCUT2D eigenvalue weighted by atomic mass is 35.5. The second kappa shape index (κ2) is 3.68. The van der Waals surface area contributed by atoms with Crippen LogP contribution in [0.1, 0.15) is 16.7 Å². The summed E-state index contributed by atoms with van der Waals surface area (Å²) < 4.78 is 0. The number of hydrogen-bond acceptors (Lipinski definition) is 2. The summed E-state index contributed by atoms with van der Waals surface area (Å²) in [5.41, 5.74) is 2.21. The van der Waals surface area contributed by atoms with Gasteiger partial charge in [0.05, 0.1) is 0 Å². The first-order valence-corrected chi connectivity index (χ1v) is 3.52. The quantitative estimate of drug-likeness (QED) is 0.614. The third-order valence-electron chi connectivity index (χ3n) is 2.03. The summed E-state index contributed by atoms with van der Waals surface area (Å²) in [6.45, 7) is 5.34. The molecule has 1 aromatic rings. The van der Waals surface area contributed by atoms with Crippen LogP contribution in [0.5, 0.6) is 11.5 Å². The normalized spacial score (nSPS) is 9.25. The van der Waals surface area contributed by atoms with Gasteiger partial charge in [-0.15, -0.1) is 12.4 Å². The number of phenolic OH excluding ortho intramolecular Hbond substituents is 2. The predicted molar refractivity (Wildman–Crippen MR) is 51.2 cm³/mol. The van der Waals surface area contributed by atoms with Crippen LogP contribution in [-0.4, -0.2) is 10.2 Å². The summed E-state index contributed by atoms with van der Waals surface area (Å²) in [6, 6.07) is 1.57. The molecule has 0 bridgehead atoms. The third kappa shape index (κ3) is 1.64. The molecular weight excluding hydrogens is 176 g/mol. The fourth-order valence-electron chi connectivity index (χ4n) is 1.05. The molecule has 0 heterocycles. The first kappa shape index (κ1) is 11.1. The molecule has 3 heteroatoms. The van der Waals surface area contributed by atoms with Crippen molar-refractivity contribution in [3.8, 4) is 11.5 Å². The predicted octanol–water partition coefficient (Wildman–Crippen LogP) is 2.44. The maximum absolute atomic E-state index is 9.40. The van der Waals surface area contributed by atoms with Crippen LogP contribution in [0, 0.1) is 20.8 Å². The lowest BCUT2D eigenvalue weighted by molar-refractivity contribution is 0.449. The molecule has 0 amide bonds. The van der Waals surface area contributed by atoms with Gasteiger partial charge in [-0.05, 0) is 43.5 Å². The largest absolute Gasteiger partial charge is 0.508 e. The van der Waals surface area contributed by atoms with Crippen molar-refractivity contribution in [3.05, 3.63) is 22.8 Å². The number of aromatic hydroxyl groups is 2. The molecule has 0 aliphatic carbocycles. The van der Waals surface area contributed by atoms with Gasteiger partial charge in [-0.1, -0.05) is 0 Å². The Morgan fingerprint density at radius 1 is 1.00 bits per heavy atom. The van der Waals surface area contributed by atoms with Crippen molar-refractivity contribution in [2.24, 2.45) is 0 Å². The first-order chi connectivity index (χ1) is 5.04. The fraction of sp³-hybridized carbons (Fsp3) is 0.333. The number of hydrogen-bond donors (Lipinski definition) is 2. The SMILES string of the molecule is Cc1cc(O)c(C)c(C)c1O.Cl. The summed E-state index contributed by atoms with van der Waals surface area (Å²) in [5, 5.41) is 18.7. The molecule has 0 unspecified atom stereocenters. The minimum Gasteiger partial charge on any atom is -0.508 e. The van der Waals surface area contributed by atoms with Gasteiger partial charge in [-0.3, -0.25) is 0 Å². The van der Waals surface area contributed by atoms with Crippen molar-refractivity contribution < 1.29 is 10.2 Å². The number of benzene rings is 1. The van der Waals surface area contributed by atoms with Crippen molar-refractivity contribution in [2.45, 2.75) is 20.8 Å². The van der Waals surface area contributed by atoms with E-state index in [1.807, 2.05) is 0 Å². The third-order valence-corrected chi connectivity index (χ3v) is 2.03. The second-order valence-corrected chi connectivity index (χ2v) is 2.81. The standard InChI is InChI=1S/C9H12O2.ClH/c1-5-4-8(10)6(2)7(3)9(5)11;/h4,10-11H,1-3H3;1H. The molecule has 1 aromatic carbocycles. The molecule has 0 saturated heterocycles. The Bertz CT molecular complexity index is 269. The van der Waals surface area contributed by atoms with Gasteiger partial charge in [0, 0.05) is 0 Å². The maximum atomic E-state index is 9.40. The van der Waals surface area contributed by atoms with E-state index in [0.29, 0.717) is 5.56 Å². The summed E-state index contributed by atoms with van der Waals surface area (Å²) in [7, 11) is 0. The topological polar surface area (TPSA) is 40.5 Å². The van der Waals surface area contributed by atoms with Gasteiger partial charge in [0.15, 0.2) is 0 Å². The summed E-state index contributed by atoms with van der Waals surface area (Å²) in [4.78, 5) is 0. The zero-order valence-electron chi connectivity index (χ0n) is 7.38. The molecule has 2 nitrogen and oxygen atoms in total. The molecule has 0 aromatic heterocycles. The number of rotatable bonds is 0. The van der Waals surface area contributed by atoms with Crippen molar-refractivity contribution in [3.63, 3.8) is 0 Å². The Labute approximate surface area is 78.3 Å². The zero-order chi connectivity index (χ0) is 8.59. The molecule has 2 N–H and O–H groups in total. The molecule has 0 aliphatic rings. The Hall–Kier alpha value is -0.890. The van der Waals surface area contributed by atoms with E-state index in [-0.39, 0.29) is 23.9 Å². The summed E-state index contributed by atoms with van der Waals surface area (Å²) in [6.07, 6.45) is 0. The van der Waals surface area contributed by atoms with Gasteiger partial charge < -0.3 is 10.2 Å². The Balaban J connectivity index is 0.00000121. The molecule has 0 saturated carbocycles. The Morgan fingerprint density at radius 3 is 2.00 bits per heavy atom. The van der Waals surface area contributed by atoms with Gasteiger partial charge in [0.25, 0.3) is 0 Å². The van der Waals surface area contributed by atoms with Crippen molar-refractivity contribution in [2.75, 3.05) is 0 Å². The fourth-order valence-corrected chi connectivity index (χ4v) is 1.05. The van der Waals surface area contributed by atoms with Gasteiger partial charge in [-0.25, -0.2) is 0 Å². The minimum absolute atomic E-state index is 0. The van der Waals surface area contributed by atoms with Crippen molar-refractivity contribution >= 4 is 12.4 Å². The van der Waals surface area contributed by atoms with E-state index in [1.54, 1.807) is 26.8 Å². The lowest BCUT2D eigenvalue weighted by Gasteiger charge is -2.07. The average Bonchev–Trinajstić information content (AvgIpc) is 1.97. The Morgan fingerprint density at radius 2 is 1.50 bits per heavy atom. The molecule has 0 atom stereocenters. The number of halogens is 1. The van der Waals surface area contributed by atoms with Crippen LogP contribution in [0.4, 0.5) is 0 Å². The van der Waals surface area contributed by atoms with Gasteiger partial charge in [0.1, 0.15) is 11.5 Å². The average molecular weight is 189 g/mol. The van der Waals surface area contributed by atoms with Crippen LogP contribution in [0.3, 0.4) is 0 Å². The van der Waals surface area contributed by atoms with Gasteiger partial charge in [0.2, 0.25) is 0 Å². The van der Waals surface area contributed by atoms with Crippen LogP contribution in [-0.2, 0) is 0 Å². The molecule has 0 fully saturated rings. The van der Waals surface area contributed by atoms with Gasteiger partial charge >= 0.3 is 0 Å². The van der Waals surface area contributed by atoms with Gasteiger partial charge in [-0.2, -0.15) is 0 Å². The van der Waals surface area contributed by atoms with E-state index in [9.17, 15) is 10.2 Å². The van der Waals surface area contributed by atoms with Crippen LogP contribution >= 0.6 is 12.4 Å². The van der Waals surface area contributed by atoms with Crippen LogP contribution in [0.25, 0.3) is 0 Å². The second-order valence-electron chi connectivity index (χ2n) is 2.81. The van der Waals surface area contributed by atoms with E-state index in [4.69, 9.17) is 0 Å². The molecule has 0 aliphatic heterocycles. The first-order valence-electron chi connectivity index (χ1n) is 3.52. The summed E-state index contributed by atoms with van der Waals surface area (Å²) in [5.74, 6) is 0.526. The molecule has 0 radical (unpaired) electrons. The summed E-state index contributed by atoms with van der Waals surface area (Å²) >= 11 is 0. The van der Waals surface area contributed by atoms with Crippen molar-refractivity contribution in [1.29, 1.82) is 0 Å². The number of phenols is 2. The zero-order valence-corrected chi connectivity index (χ0v) is 8.20. The monoisotopic (exact) mass is 188 g/mol. The van der Waals surface area contributed by atoms with Crippen LogP contribution < -0.4 is 0 Å². The lowest BCUT2D eigenvalue weighted by Crippen LogP contribution is -1.85. The molecule has 1 rings (SSSR count). The van der Waals surface area contributed by atoms with Crippen molar-refractivity contribution in [1.82, 2.24) is 0 Å². The van der Waals surface area contributed by atoms with E-state index < -0.39 is 0 Å². The lowest BCUT2D eigenvalue weighted by atomic mass is 10.0. The molecule has 68 valence electrons. The highest BCUT2D eigenvalue weighted by Gasteiger charge is 2.06. The minimum atomic E-state index is 0. The Kier molecular flexibility index (Phi) is 3.40. The van der Waals surface area contributed by atoms with E-state index in [0.717, 1.165) is 11.1 Å². The molecule has 0 spiro atoms. The smallest absolute Gasteiger partial charge is 0.121 e. The molecular formula is C9H13ClO2.